The Labute approximate surface area is 263 Å². The highest BCUT2D eigenvalue weighted by Gasteiger charge is 2.22. The quantitative estimate of drug-likeness (QED) is 0.0954. The maximum absolute atomic E-state index is 12.6. The van der Waals surface area contributed by atoms with Gasteiger partial charge in [0.25, 0.3) is 26.1 Å². The Morgan fingerprint density at radius 1 is 0.696 bits per heavy atom. The predicted octanol–water partition coefficient (Wildman–Crippen LogP) is 7.74. The van der Waals surface area contributed by atoms with Gasteiger partial charge in [0.2, 0.25) is 0 Å². The number of rotatable bonds is 8. The average Bonchev–Trinajstić information content (AvgIpc) is 3.00. The predicted molar refractivity (Wildman–Crippen MR) is 170 cm³/mol. The van der Waals surface area contributed by atoms with Crippen molar-refractivity contribution in [3.63, 3.8) is 0 Å². The van der Waals surface area contributed by atoms with Crippen LogP contribution in [0.3, 0.4) is 0 Å². The number of carbonyl (C=O) groups excluding carboxylic acids is 1. The van der Waals surface area contributed by atoms with E-state index in [1.54, 1.807) is 56.3 Å². The van der Waals surface area contributed by atoms with Crippen molar-refractivity contribution in [2.75, 3.05) is 5.32 Å². The minimum absolute atomic E-state index is 0.200. The van der Waals surface area contributed by atoms with E-state index in [1.807, 2.05) is 0 Å². The van der Waals surface area contributed by atoms with Crippen molar-refractivity contribution in [3.8, 4) is 5.75 Å². The Morgan fingerprint density at radius 3 is 1.98 bits per heavy atom. The molecule has 0 aromatic heterocycles. The van der Waals surface area contributed by atoms with Crippen LogP contribution in [0, 0.1) is 13.8 Å². The Morgan fingerprint density at radius 2 is 1.35 bits per heavy atom. The molecule has 0 radical (unpaired) electrons. The van der Waals surface area contributed by atoms with E-state index in [2.05, 4.69) is 25.8 Å². The molecule has 1 amide bonds. The van der Waals surface area contributed by atoms with Gasteiger partial charge in [-0.2, -0.15) is 32.2 Å². The van der Waals surface area contributed by atoms with Gasteiger partial charge in [-0.05, 0) is 103 Å². The van der Waals surface area contributed by atoms with Crippen molar-refractivity contribution in [2.24, 2.45) is 20.5 Å². The minimum atomic E-state index is -4.87. The molecule has 0 spiro atoms. The third-order valence-electron chi connectivity index (χ3n) is 6.80. The SMILES string of the molecule is Cc1cc(S(=O)(=O)O)ccc1N=Nc1ccc(N=Nc2c(S(=O)(=O)O)cc3cc(NC(=O)c4ccccc4)ccc3c2O)c(C)c1. The number of phenols is 1. The molecule has 13 nitrogen and oxygen atoms in total. The van der Waals surface area contributed by atoms with Gasteiger partial charge in [-0.25, -0.2) is 0 Å². The molecule has 0 aliphatic rings. The van der Waals surface area contributed by atoms with Crippen LogP contribution in [0.15, 0.2) is 121 Å². The lowest BCUT2D eigenvalue weighted by atomic mass is 10.1. The summed E-state index contributed by atoms with van der Waals surface area (Å²) in [5, 5.41) is 30.5. The fourth-order valence-corrected chi connectivity index (χ4v) is 5.67. The Kier molecular flexibility index (Phi) is 8.76. The molecule has 15 heteroatoms. The van der Waals surface area contributed by atoms with Crippen LogP contribution < -0.4 is 5.32 Å². The number of amides is 1. The summed E-state index contributed by atoms with van der Waals surface area (Å²) in [6, 6.07) is 22.6. The van der Waals surface area contributed by atoms with Crippen LogP contribution >= 0.6 is 0 Å². The number of nitrogens with one attached hydrogen (secondary N) is 1. The highest BCUT2D eigenvalue weighted by molar-refractivity contribution is 7.86. The van der Waals surface area contributed by atoms with Gasteiger partial charge >= 0.3 is 0 Å². The van der Waals surface area contributed by atoms with Crippen molar-refractivity contribution in [3.05, 3.63) is 108 Å². The zero-order chi connectivity index (χ0) is 33.2. The lowest BCUT2D eigenvalue weighted by Crippen LogP contribution is -2.11. The normalized spacial score (nSPS) is 12.3. The summed E-state index contributed by atoms with van der Waals surface area (Å²) in [4.78, 5) is 11.6. The topological polar surface area (TPSA) is 208 Å². The monoisotopic (exact) mass is 659 g/mol. The number of nitrogens with zero attached hydrogens (tertiary/aromatic N) is 4. The molecule has 5 aromatic rings. The second kappa shape index (κ2) is 12.6. The van der Waals surface area contributed by atoms with Crippen molar-refractivity contribution >= 4 is 65.4 Å². The number of aryl methyl sites for hydroxylation is 2. The van der Waals surface area contributed by atoms with Gasteiger partial charge < -0.3 is 10.4 Å². The number of phenolic OH excluding ortho intramolecular Hbond substituents is 1. The van der Waals surface area contributed by atoms with Crippen LogP contribution in [0.4, 0.5) is 28.4 Å². The van der Waals surface area contributed by atoms with Gasteiger partial charge in [-0.15, -0.1) is 5.11 Å². The van der Waals surface area contributed by atoms with Crippen LogP contribution in [0.1, 0.15) is 21.5 Å². The number of aromatic hydroxyl groups is 1. The van der Waals surface area contributed by atoms with E-state index in [0.29, 0.717) is 39.4 Å². The molecule has 0 atom stereocenters. The molecule has 0 saturated carbocycles. The molecule has 46 heavy (non-hydrogen) atoms. The number of azo groups is 2. The van der Waals surface area contributed by atoms with Gasteiger partial charge in [0.1, 0.15) is 10.6 Å². The summed E-state index contributed by atoms with van der Waals surface area (Å²) in [6.07, 6.45) is 0. The first-order valence-corrected chi connectivity index (χ1v) is 16.2. The zero-order valence-electron chi connectivity index (χ0n) is 24.1. The molecule has 0 saturated heterocycles. The standard InChI is InChI=1S/C31H25N5O8S2/c1-18-14-23(33-34-27-13-10-24(15-19(27)2)45(39,40)41)9-12-26(18)35-36-29-28(46(42,43)44)17-21-16-22(8-11-25(21)30(29)37)32-31(38)20-6-4-3-5-7-20/h3-17,37H,1-2H3,(H,32,38)(H,39,40,41)(H,42,43,44). The average molecular weight is 660 g/mol. The van der Waals surface area contributed by atoms with E-state index >= 15 is 0 Å². The van der Waals surface area contributed by atoms with Crippen LogP contribution in [-0.4, -0.2) is 37.0 Å². The number of hydrogen-bond donors (Lipinski definition) is 4. The molecule has 0 heterocycles. The maximum atomic E-state index is 12.6. The van der Waals surface area contributed by atoms with Crippen molar-refractivity contribution < 1.29 is 35.8 Å². The van der Waals surface area contributed by atoms with E-state index in [1.165, 1.54) is 42.5 Å². The van der Waals surface area contributed by atoms with Crippen LogP contribution in [0.2, 0.25) is 0 Å². The van der Waals surface area contributed by atoms with Crippen LogP contribution in [-0.2, 0) is 20.2 Å². The molecule has 5 aromatic carbocycles. The van der Waals surface area contributed by atoms with Crippen LogP contribution in [0.5, 0.6) is 5.75 Å². The van der Waals surface area contributed by atoms with E-state index in [-0.39, 0.29) is 15.7 Å². The van der Waals surface area contributed by atoms with Crippen molar-refractivity contribution in [1.29, 1.82) is 0 Å². The third kappa shape index (κ3) is 7.13. The van der Waals surface area contributed by atoms with Crippen LogP contribution in [0.25, 0.3) is 10.8 Å². The number of hydrogen-bond acceptors (Lipinski definition) is 10. The highest BCUT2D eigenvalue weighted by atomic mass is 32.2. The fourth-order valence-electron chi connectivity index (χ4n) is 4.45. The molecule has 0 bridgehead atoms. The highest BCUT2D eigenvalue weighted by Crippen LogP contribution is 2.42. The summed E-state index contributed by atoms with van der Waals surface area (Å²) in [6.45, 7) is 3.30. The van der Waals surface area contributed by atoms with Gasteiger partial charge in [0, 0.05) is 16.6 Å². The number of anilines is 1. The van der Waals surface area contributed by atoms with Gasteiger partial charge in [0.15, 0.2) is 5.75 Å². The van der Waals surface area contributed by atoms with E-state index in [0.717, 1.165) is 6.07 Å². The third-order valence-corrected chi connectivity index (χ3v) is 8.52. The van der Waals surface area contributed by atoms with Gasteiger partial charge in [-0.3, -0.25) is 13.9 Å². The first kappa shape index (κ1) is 32.1. The lowest BCUT2D eigenvalue weighted by molar-refractivity contribution is 0.102. The van der Waals surface area contributed by atoms with Crippen molar-refractivity contribution in [1.82, 2.24) is 0 Å². The molecule has 0 aliphatic carbocycles. The molecule has 0 fully saturated rings. The summed E-state index contributed by atoms with van der Waals surface area (Å²) in [5.74, 6) is -0.940. The number of carbonyl (C=O) groups is 1. The Hall–Kier alpha value is -5.35. The summed E-state index contributed by atoms with van der Waals surface area (Å²) >= 11 is 0. The Balaban J connectivity index is 1.43. The second-order valence-corrected chi connectivity index (χ2v) is 12.9. The second-order valence-electron chi connectivity index (χ2n) is 10.1. The maximum Gasteiger partial charge on any atom is 0.296 e. The molecule has 234 valence electrons. The molecule has 0 unspecified atom stereocenters. The van der Waals surface area contributed by atoms with E-state index < -0.39 is 42.5 Å². The lowest BCUT2D eigenvalue weighted by Gasteiger charge is -2.11. The molecule has 4 N–H and O–H groups in total. The minimum Gasteiger partial charge on any atom is -0.505 e. The molecule has 5 rings (SSSR count). The zero-order valence-corrected chi connectivity index (χ0v) is 25.8. The number of benzene rings is 5. The van der Waals surface area contributed by atoms with Crippen molar-refractivity contribution in [2.45, 2.75) is 23.6 Å². The Bertz CT molecular complexity index is 2290. The first-order valence-electron chi connectivity index (χ1n) is 13.4. The molecule has 0 aliphatic heterocycles. The molecular weight excluding hydrogens is 635 g/mol. The largest absolute Gasteiger partial charge is 0.505 e. The van der Waals surface area contributed by atoms with Gasteiger partial charge in [-0.1, -0.05) is 18.2 Å². The summed E-state index contributed by atoms with van der Waals surface area (Å²) in [7, 11) is -9.22. The van der Waals surface area contributed by atoms with E-state index in [4.69, 9.17) is 0 Å². The summed E-state index contributed by atoms with van der Waals surface area (Å²) in [5.41, 5.74) is 2.38. The summed E-state index contributed by atoms with van der Waals surface area (Å²) < 4.78 is 66.4. The fraction of sp³-hybridized carbons (Fsp3) is 0.0645. The van der Waals surface area contributed by atoms with Gasteiger partial charge in [0.05, 0.1) is 22.0 Å². The van der Waals surface area contributed by atoms with E-state index in [9.17, 15) is 35.8 Å². The smallest absolute Gasteiger partial charge is 0.296 e. The molecular formula is C31H25N5O8S2. The first-order chi connectivity index (χ1) is 21.7. The number of fused-ring (bicyclic) bond motifs is 1.